The number of amides is 1. The molecule has 1 aliphatic heterocycles. The number of benzene rings is 1. The van der Waals surface area contributed by atoms with Crippen molar-refractivity contribution in [1.29, 1.82) is 0 Å². The van der Waals surface area contributed by atoms with Gasteiger partial charge in [-0.2, -0.15) is 0 Å². The lowest BCUT2D eigenvalue weighted by Crippen LogP contribution is -2.30. The number of hydrogen-bond acceptors (Lipinski definition) is 6. The lowest BCUT2D eigenvalue weighted by atomic mass is 9.88. The summed E-state index contributed by atoms with van der Waals surface area (Å²) >= 11 is 1.34. The highest BCUT2D eigenvalue weighted by Gasteiger charge is 2.42. The number of carboxylic acid groups (broad SMARTS) is 1. The van der Waals surface area contributed by atoms with Crippen LogP contribution in [0.2, 0.25) is 0 Å². The number of thiazole rings is 1. The summed E-state index contributed by atoms with van der Waals surface area (Å²) in [5.41, 5.74) is 1.14. The van der Waals surface area contributed by atoms with E-state index in [1.54, 1.807) is 30.5 Å². The van der Waals surface area contributed by atoms with Crippen LogP contribution in [0, 0.1) is 5.92 Å². The number of hydrogen-bond donors (Lipinski definition) is 2. The summed E-state index contributed by atoms with van der Waals surface area (Å²) in [6.07, 6.45) is 0. The second-order valence-corrected chi connectivity index (χ2v) is 6.65. The van der Waals surface area contributed by atoms with Crippen LogP contribution in [-0.2, 0) is 4.79 Å². The Balaban J connectivity index is 1.87. The molecule has 2 N–H and O–H groups in total. The predicted molar refractivity (Wildman–Crippen MR) is 94.4 cm³/mol. The molecule has 0 unspecified atom stereocenters. The molecule has 2 aromatic rings. The smallest absolute Gasteiger partial charge is 0.308 e. The number of methoxy groups -OCH3 is 1. The van der Waals surface area contributed by atoms with Crippen molar-refractivity contribution in [3.63, 3.8) is 0 Å². The van der Waals surface area contributed by atoms with Crippen molar-refractivity contribution in [1.82, 2.24) is 9.88 Å². The highest BCUT2D eigenvalue weighted by Crippen LogP contribution is 2.38. The predicted octanol–water partition coefficient (Wildman–Crippen LogP) is 2.13. The Morgan fingerprint density at radius 1 is 1.36 bits per heavy atom. The number of ether oxygens (including phenoxy) is 1. The molecule has 0 aliphatic carbocycles. The Labute approximate surface area is 149 Å². The number of carboxylic acids is 1. The maximum Gasteiger partial charge on any atom is 0.308 e. The van der Waals surface area contributed by atoms with Crippen LogP contribution < -0.4 is 10.1 Å². The summed E-state index contributed by atoms with van der Waals surface area (Å²) in [5.74, 6) is -1.52. The van der Waals surface area contributed by atoms with Crippen LogP contribution in [0.3, 0.4) is 0 Å². The number of rotatable bonds is 5. The minimum Gasteiger partial charge on any atom is -0.496 e. The quantitative estimate of drug-likeness (QED) is 0.848. The number of carbonyl (C=O) groups excluding carboxylic acids is 1. The van der Waals surface area contributed by atoms with Gasteiger partial charge in [0.2, 0.25) is 0 Å². The number of carbonyl (C=O) groups is 2. The molecule has 7 nitrogen and oxygen atoms in total. The van der Waals surface area contributed by atoms with Gasteiger partial charge in [0.05, 0.1) is 13.0 Å². The van der Waals surface area contributed by atoms with Crippen LogP contribution in [0.1, 0.15) is 22.0 Å². The summed E-state index contributed by atoms with van der Waals surface area (Å²) in [6.45, 7) is 0.478. The molecule has 0 spiro atoms. The van der Waals surface area contributed by atoms with Crippen LogP contribution in [0.5, 0.6) is 5.75 Å². The zero-order valence-corrected chi connectivity index (χ0v) is 14.7. The minimum atomic E-state index is -0.916. The molecule has 1 aliphatic rings. The first-order chi connectivity index (χ1) is 12.0. The van der Waals surface area contributed by atoms with Gasteiger partial charge in [-0.15, -0.1) is 11.3 Å². The number of aliphatic carboxylic acids is 1. The summed E-state index contributed by atoms with van der Waals surface area (Å²) in [7, 11) is 3.29. The third-order valence-electron chi connectivity index (χ3n) is 4.40. The summed E-state index contributed by atoms with van der Waals surface area (Å²) in [6, 6.07) is 7.35. The summed E-state index contributed by atoms with van der Waals surface area (Å²) in [4.78, 5) is 30.2. The highest BCUT2D eigenvalue weighted by molar-refractivity contribution is 7.13. The Bertz CT molecular complexity index is 792. The van der Waals surface area contributed by atoms with E-state index < -0.39 is 11.9 Å². The molecule has 2 atom stereocenters. The zero-order valence-electron chi connectivity index (χ0n) is 13.9. The van der Waals surface area contributed by atoms with Crippen molar-refractivity contribution in [2.45, 2.75) is 5.92 Å². The largest absolute Gasteiger partial charge is 0.496 e. The Kier molecular flexibility index (Phi) is 4.89. The molecule has 1 saturated heterocycles. The number of nitrogens with one attached hydrogen (secondary N) is 1. The van der Waals surface area contributed by atoms with Gasteiger partial charge in [0, 0.05) is 31.4 Å². The van der Waals surface area contributed by atoms with Gasteiger partial charge in [0.1, 0.15) is 11.4 Å². The molecule has 3 rings (SSSR count). The molecular weight excluding hydrogens is 342 g/mol. The molecule has 0 saturated carbocycles. The topological polar surface area (TPSA) is 91.8 Å². The van der Waals surface area contributed by atoms with E-state index in [0.29, 0.717) is 23.1 Å². The number of para-hydroxylation sites is 1. The first-order valence-electron chi connectivity index (χ1n) is 7.83. The molecule has 0 radical (unpaired) electrons. The molecular formula is C17H19N3O4S. The molecule has 1 aromatic heterocycles. The van der Waals surface area contributed by atoms with E-state index in [1.807, 2.05) is 18.2 Å². The molecule has 132 valence electrons. The van der Waals surface area contributed by atoms with E-state index in [2.05, 4.69) is 10.3 Å². The number of nitrogens with zero attached hydrogens (tertiary/aromatic N) is 2. The lowest BCUT2D eigenvalue weighted by Gasteiger charge is -2.18. The van der Waals surface area contributed by atoms with E-state index >= 15 is 0 Å². The van der Waals surface area contributed by atoms with Gasteiger partial charge in [-0.3, -0.25) is 9.59 Å². The standard InChI is InChI=1S/C17H19N3O4S/c1-18-17-19-13(9-25-17)15(21)20-7-11(12(8-20)16(22)23)10-5-3-4-6-14(10)24-2/h3-6,9,11-12H,7-8H2,1-2H3,(H,18,19)(H,22,23)/t11-,12+/m1/s1. The van der Waals surface area contributed by atoms with Crippen LogP contribution in [0.25, 0.3) is 0 Å². The highest BCUT2D eigenvalue weighted by atomic mass is 32.1. The fraction of sp³-hybridized carbons (Fsp3) is 0.353. The third-order valence-corrected chi connectivity index (χ3v) is 5.26. The van der Waals surface area contributed by atoms with Gasteiger partial charge in [0.15, 0.2) is 5.13 Å². The van der Waals surface area contributed by atoms with Crippen molar-refractivity contribution in [2.75, 3.05) is 32.6 Å². The zero-order chi connectivity index (χ0) is 18.0. The van der Waals surface area contributed by atoms with E-state index in [1.165, 1.54) is 11.3 Å². The summed E-state index contributed by atoms with van der Waals surface area (Å²) in [5, 5.41) is 14.8. The molecule has 1 amide bonds. The first-order valence-corrected chi connectivity index (χ1v) is 8.71. The third kappa shape index (κ3) is 3.30. The maximum absolute atomic E-state index is 12.7. The van der Waals surface area contributed by atoms with Crippen LogP contribution >= 0.6 is 11.3 Å². The molecule has 8 heteroatoms. The van der Waals surface area contributed by atoms with Crippen molar-refractivity contribution in [3.8, 4) is 5.75 Å². The van der Waals surface area contributed by atoms with Gasteiger partial charge in [-0.25, -0.2) is 4.98 Å². The minimum absolute atomic E-state index is 0.156. The van der Waals surface area contributed by atoms with Gasteiger partial charge in [-0.05, 0) is 11.6 Å². The second kappa shape index (κ2) is 7.10. The number of likely N-dealkylation sites (tertiary alicyclic amines) is 1. The molecule has 2 heterocycles. The summed E-state index contributed by atoms with van der Waals surface area (Å²) < 4.78 is 5.37. The van der Waals surface area contributed by atoms with E-state index in [-0.39, 0.29) is 18.4 Å². The molecule has 1 fully saturated rings. The lowest BCUT2D eigenvalue weighted by molar-refractivity contribution is -0.141. The van der Waals surface area contributed by atoms with Gasteiger partial charge >= 0.3 is 5.97 Å². The van der Waals surface area contributed by atoms with Crippen molar-refractivity contribution >= 4 is 28.3 Å². The van der Waals surface area contributed by atoms with Gasteiger partial charge in [-0.1, -0.05) is 18.2 Å². The molecule has 25 heavy (non-hydrogen) atoms. The van der Waals surface area contributed by atoms with Crippen LogP contribution in [0.15, 0.2) is 29.6 Å². The molecule has 0 bridgehead atoms. The van der Waals surface area contributed by atoms with Crippen molar-refractivity contribution in [2.24, 2.45) is 5.92 Å². The number of aromatic nitrogens is 1. The van der Waals surface area contributed by atoms with Gasteiger partial charge in [0.25, 0.3) is 5.91 Å². The normalized spacial score (nSPS) is 19.7. The Hall–Kier alpha value is -2.61. The van der Waals surface area contributed by atoms with E-state index in [9.17, 15) is 14.7 Å². The average Bonchev–Trinajstić information content (AvgIpc) is 3.28. The average molecular weight is 361 g/mol. The van der Waals surface area contributed by atoms with Crippen molar-refractivity contribution in [3.05, 3.63) is 40.9 Å². The van der Waals surface area contributed by atoms with E-state index in [4.69, 9.17) is 4.74 Å². The van der Waals surface area contributed by atoms with E-state index in [0.717, 1.165) is 5.56 Å². The maximum atomic E-state index is 12.7. The Morgan fingerprint density at radius 3 is 2.76 bits per heavy atom. The monoisotopic (exact) mass is 361 g/mol. The number of anilines is 1. The van der Waals surface area contributed by atoms with Gasteiger partial charge < -0.3 is 20.1 Å². The fourth-order valence-electron chi connectivity index (χ4n) is 3.16. The SMILES string of the molecule is CNc1nc(C(=O)N2C[C@H](C(=O)O)[C@@H](c3ccccc3OC)C2)cs1. The second-order valence-electron chi connectivity index (χ2n) is 5.79. The van der Waals surface area contributed by atoms with Crippen molar-refractivity contribution < 1.29 is 19.4 Å². The molecule has 1 aromatic carbocycles. The Morgan fingerprint density at radius 2 is 2.12 bits per heavy atom. The first kappa shape index (κ1) is 17.2. The van der Waals surface area contributed by atoms with Crippen LogP contribution in [0.4, 0.5) is 5.13 Å². The fourth-order valence-corrected chi connectivity index (χ4v) is 3.80. The van der Waals surface area contributed by atoms with Crippen LogP contribution in [-0.4, -0.2) is 54.1 Å².